The Balaban J connectivity index is 2.48. The molecule has 1 saturated heterocycles. The first kappa shape index (κ1) is 13.2. The molecule has 0 aromatic carbocycles. The first-order chi connectivity index (χ1) is 7.60. The molecule has 16 heavy (non-hydrogen) atoms. The lowest BCUT2D eigenvalue weighted by Gasteiger charge is -2.36. The van der Waals surface area contributed by atoms with Gasteiger partial charge in [-0.2, -0.15) is 0 Å². The van der Waals surface area contributed by atoms with Crippen molar-refractivity contribution in [3.05, 3.63) is 0 Å². The second-order valence-electron chi connectivity index (χ2n) is 3.51. The number of aliphatic hydroxyl groups excluding tert-OH is 3. The molecular weight excluding hydrogens is 218 g/mol. The Kier molecular flexibility index (Phi) is 4.94. The van der Waals surface area contributed by atoms with Gasteiger partial charge in [0.2, 0.25) is 0 Å². The number of amides is 1. The number of ether oxygens (including phenoxy) is 2. The molecule has 1 heterocycles. The predicted molar refractivity (Wildman–Crippen MR) is 52.8 cm³/mol. The van der Waals surface area contributed by atoms with E-state index in [1.54, 1.807) is 6.92 Å². The van der Waals surface area contributed by atoms with Crippen LogP contribution in [-0.4, -0.2) is 65.6 Å². The minimum absolute atomic E-state index is 0.0161. The van der Waals surface area contributed by atoms with Crippen molar-refractivity contribution in [1.29, 1.82) is 0 Å². The van der Waals surface area contributed by atoms with Crippen molar-refractivity contribution in [2.24, 2.45) is 0 Å². The van der Waals surface area contributed by atoms with Gasteiger partial charge in [-0.05, 0) is 6.92 Å². The fourth-order valence-corrected chi connectivity index (χ4v) is 1.49. The van der Waals surface area contributed by atoms with E-state index < -0.39 is 30.4 Å². The fourth-order valence-electron chi connectivity index (χ4n) is 1.49. The zero-order valence-electron chi connectivity index (χ0n) is 9.00. The first-order valence-electron chi connectivity index (χ1n) is 5.12. The first-order valence-corrected chi connectivity index (χ1v) is 5.12. The minimum Gasteiger partial charge on any atom is -0.450 e. The third kappa shape index (κ3) is 3.05. The third-order valence-electron chi connectivity index (χ3n) is 2.39. The minimum atomic E-state index is -1.23. The molecule has 94 valence electrons. The monoisotopic (exact) mass is 235 g/mol. The lowest BCUT2D eigenvalue weighted by Crippen LogP contribution is -2.60. The zero-order valence-corrected chi connectivity index (χ0v) is 9.00. The second kappa shape index (κ2) is 6.00. The molecule has 1 aliphatic heterocycles. The maximum absolute atomic E-state index is 11.1. The van der Waals surface area contributed by atoms with Crippen LogP contribution < -0.4 is 5.32 Å². The number of hydrogen-bond acceptors (Lipinski definition) is 6. The van der Waals surface area contributed by atoms with E-state index in [2.05, 4.69) is 10.1 Å². The summed E-state index contributed by atoms with van der Waals surface area (Å²) < 4.78 is 9.70. The van der Waals surface area contributed by atoms with Gasteiger partial charge < -0.3 is 30.1 Å². The van der Waals surface area contributed by atoms with E-state index in [1.807, 2.05) is 0 Å². The van der Waals surface area contributed by atoms with E-state index >= 15 is 0 Å². The summed E-state index contributed by atoms with van der Waals surface area (Å²) in [7, 11) is 0. The number of rotatable bonds is 3. The molecular formula is C9H17NO6. The van der Waals surface area contributed by atoms with Gasteiger partial charge in [-0.25, -0.2) is 4.79 Å². The van der Waals surface area contributed by atoms with Crippen molar-refractivity contribution in [3.8, 4) is 0 Å². The van der Waals surface area contributed by atoms with Gasteiger partial charge in [-0.1, -0.05) is 0 Å². The fraction of sp³-hybridized carbons (Fsp3) is 0.889. The van der Waals surface area contributed by atoms with E-state index in [9.17, 15) is 15.0 Å². The van der Waals surface area contributed by atoms with E-state index in [-0.39, 0.29) is 19.8 Å². The van der Waals surface area contributed by atoms with Crippen LogP contribution in [0.15, 0.2) is 0 Å². The van der Waals surface area contributed by atoms with Gasteiger partial charge >= 0.3 is 6.09 Å². The number of nitrogens with one attached hydrogen (secondary N) is 1. The number of hydrogen-bond donors (Lipinski definition) is 4. The van der Waals surface area contributed by atoms with Crippen LogP contribution in [0.2, 0.25) is 0 Å². The SMILES string of the molecule is CCOC(=O)N[C@H]1CO[C@H](CO)[C@@H](O)[C@@H]1O. The standard InChI is InChI=1S/C9H17NO6/c1-2-15-9(14)10-5-4-16-6(3-11)8(13)7(5)12/h5-8,11-13H,2-4H2,1H3,(H,10,14)/t5-,6+,7+,8+/m0/s1. The van der Waals surface area contributed by atoms with Gasteiger partial charge in [-0.3, -0.25) is 0 Å². The normalized spacial score (nSPS) is 34.5. The summed E-state index contributed by atoms with van der Waals surface area (Å²) in [5, 5.41) is 30.4. The molecule has 4 N–H and O–H groups in total. The summed E-state index contributed by atoms with van der Waals surface area (Å²) in [6, 6.07) is -0.739. The number of aliphatic hydroxyl groups is 3. The highest BCUT2D eigenvalue weighted by Crippen LogP contribution is 2.15. The van der Waals surface area contributed by atoms with Crippen molar-refractivity contribution >= 4 is 6.09 Å². The van der Waals surface area contributed by atoms with Crippen LogP contribution in [0.25, 0.3) is 0 Å². The maximum Gasteiger partial charge on any atom is 0.407 e. The lowest BCUT2D eigenvalue weighted by molar-refractivity contribution is -0.160. The largest absolute Gasteiger partial charge is 0.450 e. The third-order valence-corrected chi connectivity index (χ3v) is 2.39. The predicted octanol–water partition coefficient (Wildman–Crippen LogP) is -1.79. The Morgan fingerprint density at radius 2 is 2.19 bits per heavy atom. The van der Waals surface area contributed by atoms with Crippen LogP contribution in [0.3, 0.4) is 0 Å². The summed E-state index contributed by atoms with van der Waals surface area (Å²) in [5.74, 6) is 0. The van der Waals surface area contributed by atoms with Gasteiger partial charge in [0.25, 0.3) is 0 Å². The van der Waals surface area contributed by atoms with Crippen LogP contribution in [0.1, 0.15) is 6.92 Å². The smallest absolute Gasteiger partial charge is 0.407 e. The lowest BCUT2D eigenvalue weighted by atomic mass is 9.99. The quantitative estimate of drug-likeness (QED) is 0.460. The van der Waals surface area contributed by atoms with Gasteiger partial charge in [0.1, 0.15) is 18.3 Å². The number of carbonyl (C=O) groups is 1. The summed E-state index contributed by atoms with van der Waals surface area (Å²) >= 11 is 0. The number of alkyl carbamates (subject to hydrolysis) is 1. The van der Waals surface area contributed by atoms with E-state index in [0.29, 0.717) is 0 Å². The van der Waals surface area contributed by atoms with Crippen LogP contribution in [0.4, 0.5) is 4.79 Å². The van der Waals surface area contributed by atoms with Crippen molar-refractivity contribution in [2.75, 3.05) is 19.8 Å². The van der Waals surface area contributed by atoms with Crippen LogP contribution in [0.5, 0.6) is 0 Å². The van der Waals surface area contributed by atoms with Gasteiger partial charge in [-0.15, -0.1) is 0 Å². The molecule has 0 aromatic heterocycles. The Hall–Kier alpha value is -0.890. The van der Waals surface area contributed by atoms with Crippen molar-refractivity contribution in [1.82, 2.24) is 5.32 Å². The molecule has 0 aromatic rings. The van der Waals surface area contributed by atoms with Gasteiger partial charge in [0.15, 0.2) is 0 Å². The topological polar surface area (TPSA) is 108 Å². The van der Waals surface area contributed by atoms with Crippen molar-refractivity contribution in [3.63, 3.8) is 0 Å². The van der Waals surface area contributed by atoms with Crippen LogP contribution in [0, 0.1) is 0 Å². The Labute approximate surface area is 93.0 Å². The molecule has 0 aliphatic carbocycles. The molecule has 1 amide bonds. The molecule has 1 aliphatic rings. The molecule has 0 unspecified atom stereocenters. The molecule has 1 fully saturated rings. The number of carbonyl (C=O) groups excluding carboxylic acids is 1. The van der Waals surface area contributed by atoms with E-state index in [4.69, 9.17) is 9.84 Å². The molecule has 0 bridgehead atoms. The average molecular weight is 235 g/mol. The summed E-state index contributed by atoms with van der Waals surface area (Å²) in [4.78, 5) is 11.1. The Bertz CT molecular complexity index is 236. The highest BCUT2D eigenvalue weighted by molar-refractivity contribution is 5.67. The highest BCUT2D eigenvalue weighted by Gasteiger charge is 2.38. The molecule has 1 rings (SSSR count). The van der Waals surface area contributed by atoms with Crippen molar-refractivity contribution < 1.29 is 29.6 Å². The second-order valence-corrected chi connectivity index (χ2v) is 3.51. The zero-order chi connectivity index (χ0) is 12.1. The molecule has 0 radical (unpaired) electrons. The van der Waals surface area contributed by atoms with Gasteiger partial charge in [0, 0.05) is 0 Å². The maximum atomic E-state index is 11.1. The van der Waals surface area contributed by atoms with Crippen LogP contribution in [-0.2, 0) is 9.47 Å². The van der Waals surface area contributed by atoms with Gasteiger partial charge in [0.05, 0.1) is 25.9 Å². The summed E-state index contributed by atoms with van der Waals surface area (Å²) in [5.41, 5.74) is 0. The molecule has 0 spiro atoms. The molecule has 7 nitrogen and oxygen atoms in total. The molecule has 4 atom stereocenters. The van der Waals surface area contributed by atoms with Crippen LogP contribution >= 0.6 is 0 Å². The average Bonchev–Trinajstić information content (AvgIpc) is 2.25. The molecule has 0 saturated carbocycles. The Morgan fingerprint density at radius 3 is 2.75 bits per heavy atom. The highest BCUT2D eigenvalue weighted by atomic mass is 16.6. The molecule has 7 heteroatoms. The van der Waals surface area contributed by atoms with E-state index in [0.717, 1.165) is 0 Å². The van der Waals surface area contributed by atoms with E-state index in [1.165, 1.54) is 0 Å². The summed E-state index contributed by atoms with van der Waals surface area (Å²) in [6.45, 7) is 1.51. The van der Waals surface area contributed by atoms with Crippen molar-refractivity contribution in [2.45, 2.75) is 31.3 Å². The Morgan fingerprint density at radius 1 is 1.50 bits per heavy atom. The summed E-state index contributed by atoms with van der Waals surface area (Å²) in [6.07, 6.45) is -3.92.